The summed E-state index contributed by atoms with van der Waals surface area (Å²) in [5.74, 6) is 0.328. The van der Waals surface area contributed by atoms with Gasteiger partial charge in [0.05, 0.1) is 0 Å². The van der Waals surface area contributed by atoms with Crippen molar-refractivity contribution in [2.75, 3.05) is 6.54 Å². The molecular formula is C14H26N2O3. The van der Waals surface area contributed by atoms with Crippen LogP contribution in [0.2, 0.25) is 0 Å². The van der Waals surface area contributed by atoms with Crippen molar-refractivity contribution >= 4 is 12.0 Å². The number of aliphatic carboxylic acids is 1. The number of urea groups is 1. The van der Waals surface area contributed by atoms with E-state index in [1.54, 1.807) is 0 Å². The predicted octanol–water partition coefficient (Wildman–Crippen LogP) is 2.32. The summed E-state index contributed by atoms with van der Waals surface area (Å²) < 4.78 is 0. The van der Waals surface area contributed by atoms with E-state index in [0.29, 0.717) is 11.8 Å². The Morgan fingerprint density at radius 1 is 1.26 bits per heavy atom. The number of rotatable bonds is 4. The average molecular weight is 270 g/mol. The maximum absolute atomic E-state index is 12.1. The summed E-state index contributed by atoms with van der Waals surface area (Å²) in [5.41, 5.74) is 0. The Labute approximate surface area is 115 Å². The highest BCUT2D eigenvalue weighted by Gasteiger charge is 2.28. The molecule has 1 rings (SSSR count). The van der Waals surface area contributed by atoms with Crippen molar-refractivity contribution in [2.45, 2.75) is 59.0 Å². The Kier molecular flexibility index (Phi) is 5.63. The fourth-order valence-electron chi connectivity index (χ4n) is 2.57. The van der Waals surface area contributed by atoms with Gasteiger partial charge in [-0.1, -0.05) is 13.8 Å². The molecule has 0 aromatic carbocycles. The summed E-state index contributed by atoms with van der Waals surface area (Å²) >= 11 is 0. The zero-order valence-corrected chi connectivity index (χ0v) is 12.3. The molecule has 3 unspecified atom stereocenters. The van der Waals surface area contributed by atoms with E-state index in [9.17, 15) is 9.59 Å². The third-order valence-corrected chi connectivity index (χ3v) is 4.12. The van der Waals surface area contributed by atoms with Gasteiger partial charge in [0, 0.05) is 12.1 Å². The maximum atomic E-state index is 12.1. The van der Waals surface area contributed by atoms with Crippen LogP contribution in [0.5, 0.6) is 0 Å². The van der Waals surface area contributed by atoms with Crippen molar-refractivity contribution in [2.24, 2.45) is 11.8 Å². The van der Waals surface area contributed by atoms with E-state index in [2.05, 4.69) is 19.2 Å². The molecule has 0 radical (unpaired) electrons. The number of hydrogen-bond acceptors (Lipinski definition) is 2. The highest BCUT2D eigenvalue weighted by molar-refractivity contribution is 5.80. The van der Waals surface area contributed by atoms with Gasteiger partial charge >= 0.3 is 12.0 Å². The van der Waals surface area contributed by atoms with Gasteiger partial charge in [-0.3, -0.25) is 4.79 Å². The molecule has 0 aliphatic heterocycles. The van der Waals surface area contributed by atoms with Crippen LogP contribution in [0.1, 0.15) is 47.0 Å². The first-order chi connectivity index (χ1) is 8.81. The van der Waals surface area contributed by atoms with E-state index < -0.39 is 5.97 Å². The second-order valence-corrected chi connectivity index (χ2v) is 6.03. The second-order valence-electron chi connectivity index (χ2n) is 6.03. The molecule has 19 heavy (non-hydrogen) atoms. The first-order valence-corrected chi connectivity index (χ1v) is 7.10. The zero-order valence-electron chi connectivity index (χ0n) is 12.3. The van der Waals surface area contributed by atoms with Crippen LogP contribution in [-0.2, 0) is 4.79 Å². The maximum Gasteiger partial charge on any atom is 0.323 e. The molecule has 0 aromatic rings. The average Bonchev–Trinajstić information content (AvgIpc) is 2.30. The molecule has 1 saturated carbocycles. The van der Waals surface area contributed by atoms with Crippen LogP contribution in [0.25, 0.3) is 0 Å². The lowest BCUT2D eigenvalue weighted by molar-refractivity contribution is -0.138. The second kappa shape index (κ2) is 6.78. The van der Waals surface area contributed by atoms with Crippen LogP contribution in [0.15, 0.2) is 0 Å². The molecule has 2 amide bonds. The van der Waals surface area contributed by atoms with E-state index in [1.807, 2.05) is 13.8 Å². The standard InChI is InChI=1S/C14H26N2O3/c1-9(2)16(8-13(17)18)14(19)15-12-6-5-10(3)11(4)7-12/h9-12H,5-8H2,1-4H3,(H,15,19)(H,17,18). The summed E-state index contributed by atoms with van der Waals surface area (Å²) in [6.45, 7) is 7.86. The normalized spacial score (nSPS) is 27.1. The van der Waals surface area contributed by atoms with E-state index in [-0.39, 0.29) is 24.7 Å². The third kappa shape index (κ3) is 4.73. The number of nitrogens with zero attached hydrogens (tertiary/aromatic N) is 1. The fraction of sp³-hybridized carbons (Fsp3) is 0.857. The Morgan fingerprint density at radius 2 is 1.89 bits per heavy atom. The Hall–Kier alpha value is -1.26. The molecule has 0 heterocycles. The lowest BCUT2D eigenvalue weighted by Gasteiger charge is -2.34. The van der Waals surface area contributed by atoms with Gasteiger partial charge in [-0.15, -0.1) is 0 Å². The SMILES string of the molecule is CC1CCC(NC(=O)N(CC(=O)O)C(C)C)CC1C. The number of carbonyl (C=O) groups is 2. The number of carbonyl (C=O) groups excluding carboxylic acids is 1. The van der Waals surface area contributed by atoms with Gasteiger partial charge in [-0.2, -0.15) is 0 Å². The van der Waals surface area contributed by atoms with Crippen molar-refractivity contribution in [3.05, 3.63) is 0 Å². The van der Waals surface area contributed by atoms with Crippen molar-refractivity contribution < 1.29 is 14.7 Å². The smallest absolute Gasteiger partial charge is 0.323 e. The summed E-state index contributed by atoms with van der Waals surface area (Å²) in [7, 11) is 0. The Balaban J connectivity index is 2.54. The van der Waals surface area contributed by atoms with Gasteiger partial charge in [0.15, 0.2) is 0 Å². The van der Waals surface area contributed by atoms with Gasteiger partial charge in [-0.25, -0.2) is 4.79 Å². The molecule has 3 atom stereocenters. The van der Waals surface area contributed by atoms with Crippen molar-refractivity contribution in [1.29, 1.82) is 0 Å². The minimum absolute atomic E-state index is 0.115. The van der Waals surface area contributed by atoms with Crippen LogP contribution in [0.4, 0.5) is 4.79 Å². The minimum atomic E-state index is -0.977. The lowest BCUT2D eigenvalue weighted by atomic mass is 9.79. The quantitative estimate of drug-likeness (QED) is 0.823. The number of carboxylic acid groups (broad SMARTS) is 1. The lowest BCUT2D eigenvalue weighted by Crippen LogP contribution is -2.50. The zero-order chi connectivity index (χ0) is 14.6. The summed E-state index contributed by atoms with van der Waals surface area (Å²) in [6.07, 6.45) is 3.08. The molecule has 5 nitrogen and oxygen atoms in total. The van der Waals surface area contributed by atoms with Crippen LogP contribution in [0, 0.1) is 11.8 Å². The highest BCUT2D eigenvalue weighted by atomic mass is 16.4. The fourth-order valence-corrected chi connectivity index (χ4v) is 2.57. The van der Waals surface area contributed by atoms with Gasteiger partial charge in [0.25, 0.3) is 0 Å². The Bertz CT molecular complexity index is 331. The molecule has 0 spiro atoms. The third-order valence-electron chi connectivity index (χ3n) is 4.12. The number of carboxylic acids is 1. The molecule has 5 heteroatoms. The molecule has 1 aliphatic carbocycles. The number of nitrogens with one attached hydrogen (secondary N) is 1. The molecule has 2 N–H and O–H groups in total. The predicted molar refractivity (Wildman–Crippen MR) is 74.0 cm³/mol. The summed E-state index contributed by atoms with van der Waals surface area (Å²) in [5, 5.41) is 11.8. The Morgan fingerprint density at radius 3 is 2.37 bits per heavy atom. The van der Waals surface area contributed by atoms with Crippen LogP contribution >= 0.6 is 0 Å². The molecule has 0 saturated heterocycles. The summed E-state index contributed by atoms with van der Waals surface area (Å²) in [6, 6.07) is -0.200. The topological polar surface area (TPSA) is 69.6 Å². The molecule has 0 bridgehead atoms. The minimum Gasteiger partial charge on any atom is -0.480 e. The summed E-state index contributed by atoms with van der Waals surface area (Å²) in [4.78, 5) is 24.3. The monoisotopic (exact) mass is 270 g/mol. The van der Waals surface area contributed by atoms with Crippen LogP contribution < -0.4 is 5.32 Å². The van der Waals surface area contributed by atoms with Crippen LogP contribution in [0.3, 0.4) is 0 Å². The largest absolute Gasteiger partial charge is 0.480 e. The van der Waals surface area contributed by atoms with Crippen molar-refractivity contribution in [3.63, 3.8) is 0 Å². The van der Waals surface area contributed by atoms with E-state index >= 15 is 0 Å². The van der Waals surface area contributed by atoms with Crippen LogP contribution in [-0.4, -0.2) is 40.6 Å². The highest BCUT2D eigenvalue weighted by Crippen LogP contribution is 2.29. The van der Waals surface area contributed by atoms with Gasteiger partial charge in [-0.05, 0) is 44.9 Å². The molecule has 1 fully saturated rings. The molecule has 110 valence electrons. The van der Waals surface area contributed by atoms with E-state index in [0.717, 1.165) is 19.3 Å². The number of amides is 2. The molecule has 1 aliphatic rings. The first kappa shape index (κ1) is 15.8. The molecule has 0 aromatic heterocycles. The van der Waals surface area contributed by atoms with Gasteiger partial charge in [0.2, 0.25) is 0 Å². The van der Waals surface area contributed by atoms with Gasteiger partial charge < -0.3 is 15.3 Å². The van der Waals surface area contributed by atoms with E-state index in [4.69, 9.17) is 5.11 Å². The molecular weight excluding hydrogens is 244 g/mol. The van der Waals surface area contributed by atoms with Gasteiger partial charge in [0.1, 0.15) is 6.54 Å². The van der Waals surface area contributed by atoms with Crippen molar-refractivity contribution in [1.82, 2.24) is 10.2 Å². The first-order valence-electron chi connectivity index (χ1n) is 7.10. The van der Waals surface area contributed by atoms with Crippen molar-refractivity contribution in [3.8, 4) is 0 Å². The van der Waals surface area contributed by atoms with E-state index in [1.165, 1.54) is 4.90 Å². The number of hydrogen-bond donors (Lipinski definition) is 2.